The Bertz CT molecular complexity index is 1310. The van der Waals surface area contributed by atoms with Gasteiger partial charge >= 0.3 is 5.97 Å². The third-order valence-electron chi connectivity index (χ3n) is 6.60. The minimum atomic E-state index is -1.33. The van der Waals surface area contributed by atoms with E-state index >= 15 is 0 Å². The SMILES string of the molecule is COc1ccc(CCc2cn(-c3ccccc3)c3ccc(CCC(=O)OCC(N)(CO)CO)cc23)cc1. The molecule has 3 aromatic carbocycles. The first-order valence-corrected chi connectivity index (χ1v) is 12.4. The average molecular weight is 503 g/mol. The van der Waals surface area contributed by atoms with E-state index in [2.05, 4.69) is 47.2 Å². The Morgan fingerprint density at radius 1 is 0.919 bits per heavy atom. The molecule has 194 valence electrons. The van der Waals surface area contributed by atoms with Gasteiger partial charge in [0.05, 0.1) is 31.4 Å². The van der Waals surface area contributed by atoms with Crippen LogP contribution in [0.1, 0.15) is 23.1 Å². The molecule has 1 aromatic heterocycles. The zero-order valence-electron chi connectivity index (χ0n) is 21.1. The highest BCUT2D eigenvalue weighted by Crippen LogP contribution is 2.28. The number of para-hydroxylation sites is 1. The van der Waals surface area contributed by atoms with Crippen molar-refractivity contribution in [2.24, 2.45) is 5.73 Å². The highest BCUT2D eigenvalue weighted by atomic mass is 16.5. The first-order chi connectivity index (χ1) is 17.9. The second kappa shape index (κ2) is 12.1. The third kappa shape index (κ3) is 6.57. The fourth-order valence-corrected chi connectivity index (χ4v) is 4.26. The fourth-order valence-electron chi connectivity index (χ4n) is 4.26. The number of rotatable bonds is 12. The van der Waals surface area contributed by atoms with Crippen molar-refractivity contribution in [2.45, 2.75) is 31.2 Å². The molecule has 0 spiro atoms. The lowest BCUT2D eigenvalue weighted by molar-refractivity contribution is -0.146. The van der Waals surface area contributed by atoms with Crippen molar-refractivity contribution >= 4 is 16.9 Å². The van der Waals surface area contributed by atoms with Crippen molar-refractivity contribution in [3.05, 3.63) is 95.7 Å². The van der Waals surface area contributed by atoms with Gasteiger partial charge < -0.3 is 30.0 Å². The molecular formula is C30H34N2O5. The molecule has 0 radical (unpaired) electrons. The number of benzene rings is 3. The highest BCUT2D eigenvalue weighted by molar-refractivity contribution is 5.86. The van der Waals surface area contributed by atoms with Crippen LogP contribution in [0.25, 0.3) is 16.6 Å². The van der Waals surface area contributed by atoms with E-state index in [1.165, 1.54) is 11.1 Å². The summed E-state index contributed by atoms with van der Waals surface area (Å²) < 4.78 is 12.7. The third-order valence-corrected chi connectivity index (χ3v) is 6.60. The second-order valence-electron chi connectivity index (χ2n) is 9.40. The van der Waals surface area contributed by atoms with Crippen LogP contribution in [-0.2, 0) is 28.8 Å². The molecule has 4 N–H and O–H groups in total. The maximum atomic E-state index is 12.3. The lowest BCUT2D eigenvalue weighted by atomic mass is 10.0. The maximum Gasteiger partial charge on any atom is 0.306 e. The van der Waals surface area contributed by atoms with Gasteiger partial charge in [-0.15, -0.1) is 0 Å². The van der Waals surface area contributed by atoms with E-state index in [-0.39, 0.29) is 13.0 Å². The molecule has 0 saturated carbocycles. The van der Waals surface area contributed by atoms with Gasteiger partial charge in [-0.3, -0.25) is 4.79 Å². The molecule has 0 aliphatic carbocycles. The number of carbonyl (C=O) groups is 1. The first kappa shape index (κ1) is 26.4. The molecular weight excluding hydrogens is 468 g/mol. The second-order valence-corrected chi connectivity index (χ2v) is 9.40. The van der Waals surface area contributed by atoms with E-state index in [9.17, 15) is 15.0 Å². The summed E-state index contributed by atoms with van der Waals surface area (Å²) in [5, 5.41) is 19.7. The molecule has 37 heavy (non-hydrogen) atoms. The highest BCUT2D eigenvalue weighted by Gasteiger charge is 2.25. The van der Waals surface area contributed by atoms with E-state index in [1.807, 2.05) is 36.4 Å². The van der Waals surface area contributed by atoms with Gasteiger partial charge in [0.2, 0.25) is 0 Å². The number of fused-ring (bicyclic) bond motifs is 1. The van der Waals surface area contributed by atoms with Crippen LogP contribution >= 0.6 is 0 Å². The molecule has 0 aliphatic heterocycles. The van der Waals surface area contributed by atoms with Crippen molar-refractivity contribution in [3.8, 4) is 11.4 Å². The van der Waals surface area contributed by atoms with Gasteiger partial charge in [-0.05, 0) is 72.4 Å². The molecule has 0 saturated heterocycles. The predicted octanol–water partition coefficient (Wildman–Crippen LogP) is 3.58. The van der Waals surface area contributed by atoms with Crippen LogP contribution in [-0.4, -0.2) is 53.2 Å². The van der Waals surface area contributed by atoms with Gasteiger partial charge in [-0.2, -0.15) is 0 Å². The van der Waals surface area contributed by atoms with Crippen molar-refractivity contribution in [1.82, 2.24) is 4.57 Å². The Morgan fingerprint density at radius 2 is 1.62 bits per heavy atom. The van der Waals surface area contributed by atoms with Crippen LogP contribution in [0, 0.1) is 0 Å². The van der Waals surface area contributed by atoms with Crippen molar-refractivity contribution in [3.63, 3.8) is 0 Å². The average Bonchev–Trinajstić information content (AvgIpc) is 3.32. The lowest BCUT2D eigenvalue weighted by Crippen LogP contribution is -2.51. The number of ether oxygens (including phenoxy) is 2. The summed E-state index contributed by atoms with van der Waals surface area (Å²) in [5.74, 6) is 0.427. The zero-order chi connectivity index (χ0) is 26.3. The lowest BCUT2D eigenvalue weighted by Gasteiger charge is -2.23. The van der Waals surface area contributed by atoms with Gasteiger partial charge in [0.1, 0.15) is 12.4 Å². The number of methoxy groups -OCH3 is 1. The topological polar surface area (TPSA) is 107 Å². The number of nitrogens with zero attached hydrogens (tertiary/aromatic N) is 1. The molecule has 0 fully saturated rings. The molecule has 1 heterocycles. The molecule has 7 nitrogen and oxygen atoms in total. The number of nitrogens with two attached hydrogens (primary N) is 1. The minimum absolute atomic E-state index is 0.180. The summed E-state index contributed by atoms with van der Waals surface area (Å²) in [6, 6.07) is 24.7. The number of hydrogen-bond donors (Lipinski definition) is 3. The van der Waals surface area contributed by atoms with E-state index in [1.54, 1.807) is 7.11 Å². The predicted molar refractivity (Wildman–Crippen MR) is 144 cm³/mol. The Balaban J connectivity index is 1.53. The molecule has 0 amide bonds. The number of aliphatic hydroxyl groups is 2. The molecule has 4 rings (SSSR count). The van der Waals surface area contributed by atoms with Crippen LogP contribution in [0.3, 0.4) is 0 Å². The van der Waals surface area contributed by atoms with E-state index < -0.39 is 24.7 Å². The Morgan fingerprint density at radius 3 is 2.30 bits per heavy atom. The monoisotopic (exact) mass is 502 g/mol. The van der Waals surface area contributed by atoms with Crippen molar-refractivity contribution < 1.29 is 24.5 Å². The van der Waals surface area contributed by atoms with Gasteiger partial charge in [-0.1, -0.05) is 36.4 Å². The molecule has 0 aliphatic rings. The largest absolute Gasteiger partial charge is 0.497 e. The van der Waals surface area contributed by atoms with Crippen molar-refractivity contribution in [1.29, 1.82) is 0 Å². The molecule has 0 unspecified atom stereocenters. The molecule has 0 bridgehead atoms. The normalized spacial score (nSPS) is 11.6. The van der Waals surface area contributed by atoms with Crippen LogP contribution in [0.15, 0.2) is 79.0 Å². The van der Waals surface area contributed by atoms with Gasteiger partial charge in [-0.25, -0.2) is 0 Å². The van der Waals surface area contributed by atoms with E-state index in [0.29, 0.717) is 6.42 Å². The smallest absolute Gasteiger partial charge is 0.306 e. The summed E-state index contributed by atoms with van der Waals surface area (Å²) in [6.45, 7) is -1.16. The van der Waals surface area contributed by atoms with E-state index in [0.717, 1.165) is 40.7 Å². The van der Waals surface area contributed by atoms with Crippen LogP contribution in [0.4, 0.5) is 0 Å². The number of esters is 1. The fraction of sp³-hybridized carbons (Fsp3) is 0.300. The quantitative estimate of drug-likeness (QED) is 0.256. The summed E-state index contributed by atoms with van der Waals surface area (Å²) in [4.78, 5) is 12.3. The number of hydrogen-bond acceptors (Lipinski definition) is 6. The minimum Gasteiger partial charge on any atom is -0.497 e. The number of aromatic nitrogens is 1. The summed E-state index contributed by atoms with van der Waals surface area (Å²) in [6.07, 6.45) is 4.66. The Labute approximate surface area is 217 Å². The van der Waals surface area contributed by atoms with Gasteiger partial charge in [0.15, 0.2) is 0 Å². The van der Waals surface area contributed by atoms with Gasteiger partial charge in [0, 0.05) is 23.7 Å². The summed E-state index contributed by atoms with van der Waals surface area (Å²) >= 11 is 0. The molecule has 0 atom stereocenters. The standard InChI is InChI=1S/C30H34N2O5/c1-36-26-13-8-22(9-14-26)7-12-24-18-32(25-5-3-2-4-6-25)28-15-10-23(17-27(24)28)11-16-29(35)37-21-30(31,19-33)20-34/h2-6,8-10,13-15,17-18,33-34H,7,11-12,16,19-21,31H2,1H3. The van der Waals surface area contributed by atoms with Crippen molar-refractivity contribution in [2.75, 3.05) is 26.9 Å². The Kier molecular flexibility index (Phi) is 8.61. The Hall–Kier alpha value is -3.65. The van der Waals surface area contributed by atoms with E-state index in [4.69, 9.17) is 15.2 Å². The number of aryl methyl sites for hydroxylation is 3. The number of carbonyl (C=O) groups excluding carboxylic acids is 1. The first-order valence-electron chi connectivity index (χ1n) is 12.4. The summed E-state index contributed by atoms with van der Waals surface area (Å²) in [5.41, 5.74) is 10.2. The molecule has 4 aromatic rings. The van der Waals surface area contributed by atoms with Crippen LogP contribution in [0.2, 0.25) is 0 Å². The van der Waals surface area contributed by atoms with Crippen LogP contribution in [0.5, 0.6) is 5.75 Å². The summed E-state index contributed by atoms with van der Waals surface area (Å²) in [7, 11) is 1.67. The maximum absolute atomic E-state index is 12.3. The number of aliphatic hydroxyl groups excluding tert-OH is 2. The van der Waals surface area contributed by atoms with Gasteiger partial charge in [0.25, 0.3) is 0 Å². The van der Waals surface area contributed by atoms with Crippen LogP contribution < -0.4 is 10.5 Å². The molecule has 7 heteroatoms. The zero-order valence-corrected chi connectivity index (χ0v) is 21.1.